The Bertz CT molecular complexity index is 783. The van der Waals surface area contributed by atoms with E-state index in [1.54, 1.807) is 6.92 Å². The molecule has 10 unspecified atom stereocenters. The number of hydrogen-bond donors (Lipinski definition) is 0. The molecule has 3 fully saturated rings. The first kappa shape index (κ1) is 25.0. The summed E-state index contributed by atoms with van der Waals surface area (Å²) in [5.41, 5.74) is 0.216. The van der Waals surface area contributed by atoms with Crippen LogP contribution < -0.4 is 0 Å². The van der Waals surface area contributed by atoms with E-state index >= 15 is 0 Å². The quantitative estimate of drug-likeness (QED) is 0.396. The number of ketones is 1. The molecule has 4 rings (SSSR count). The molecule has 0 heterocycles. The lowest BCUT2D eigenvalue weighted by Gasteiger charge is -2.61. The van der Waals surface area contributed by atoms with Crippen molar-refractivity contribution in [3.05, 3.63) is 12.2 Å². The van der Waals surface area contributed by atoms with Crippen molar-refractivity contribution in [2.24, 2.45) is 58.2 Å². The highest BCUT2D eigenvalue weighted by Crippen LogP contribution is 2.68. The third kappa shape index (κ3) is 4.36. The average molecular weight is 457 g/mol. The summed E-state index contributed by atoms with van der Waals surface area (Å²) in [6, 6.07) is 0. The van der Waals surface area contributed by atoms with Gasteiger partial charge in [0.2, 0.25) is 0 Å². The van der Waals surface area contributed by atoms with Crippen LogP contribution in [0, 0.1) is 58.2 Å². The summed E-state index contributed by atoms with van der Waals surface area (Å²) in [6.45, 7) is 16.1. The Balaban J connectivity index is 1.61. The molecular formula is C30H48O3. The molecule has 0 spiro atoms. The first-order chi connectivity index (χ1) is 15.5. The van der Waals surface area contributed by atoms with E-state index in [1.807, 2.05) is 6.08 Å². The molecule has 0 aromatic heterocycles. The van der Waals surface area contributed by atoms with Gasteiger partial charge in [-0.15, -0.1) is 0 Å². The molecule has 0 radical (unpaired) electrons. The lowest BCUT2D eigenvalue weighted by Crippen LogP contribution is -2.59. The van der Waals surface area contributed by atoms with E-state index in [4.69, 9.17) is 4.74 Å². The molecule has 0 aromatic carbocycles. The smallest absolute Gasteiger partial charge is 0.302 e. The SMILES string of the molecule is CC(=O)OC1CC2(C)C(C(C)CCC(C)C(C)C)CCC2C2CCC3CC(=O)C=CC3(C)C12. The Hall–Kier alpha value is -1.12. The van der Waals surface area contributed by atoms with Crippen molar-refractivity contribution in [2.45, 2.75) is 106 Å². The van der Waals surface area contributed by atoms with Gasteiger partial charge in [-0.3, -0.25) is 9.59 Å². The first-order valence-electron chi connectivity index (χ1n) is 13.9. The molecule has 4 aliphatic rings. The fourth-order valence-electron chi connectivity index (χ4n) is 9.08. The molecule has 0 N–H and O–H groups in total. The molecule has 10 atom stereocenters. The molecule has 0 saturated heterocycles. The van der Waals surface area contributed by atoms with E-state index in [-0.39, 0.29) is 28.7 Å². The van der Waals surface area contributed by atoms with Gasteiger partial charge in [-0.25, -0.2) is 0 Å². The van der Waals surface area contributed by atoms with E-state index in [0.717, 1.165) is 36.5 Å². The molecular weight excluding hydrogens is 408 g/mol. The Morgan fingerprint density at radius 3 is 2.48 bits per heavy atom. The van der Waals surface area contributed by atoms with Crippen molar-refractivity contribution in [3.8, 4) is 0 Å². The van der Waals surface area contributed by atoms with Crippen LogP contribution in [0.25, 0.3) is 0 Å². The Kier molecular flexibility index (Phi) is 6.93. The minimum atomic E-state index is -0.143. The highest BCUT2D eigenvalue weighted by atomic mass is 16.5. The predicted octanol–water partition coefficient (Wildman–Crippen LogP) is 7.24. The van der Waals surface area contributed by atoms with Crippen molar-refractivity contribution >= 4 is 11.8 Å². The zero-order valence-corrected chi connectivity index (χ0v) is 22.2. The van der Waals surface area contributed by atoms with E-state index in [9.17, 15) is 9.59 Å². The standard InChI is InChI=1S/C30H48O3/c1-18(2)19(3)8-9-20(4)25-12-13-26-24-11-10-22-16-23(32)14-15-29(22,6)28(24)27(33-21(5)31)17-30(25,26)7/h14-15,18-20,22,24-28H,8-13,16-17H2,1-7H3. The summed E-state index contributed by atoms with van der Waals surface area (Å²) >= 11 is 0. The minimum absolute atomic E-state index is 0.0261. The predicted molar refractivity (Wildman–Crippen MR) is 133 cm³/mol. The summed E-state index contributed by atoms with van der Waals surface area (Å²) in [4.78, 5) is 24.5. The maximum absolute atomic E-state index is 12.3. The third-order valence-corrected chi connectivity index (χ3v) is 11.2. The number of rotatable bonds is 6. The summed E-state index contributed by atoms with van der Waals surface area (Å²) in [5.74, 6) is 5.14. The Labute approximate surface area is 202 Å². The van der Waals surface area contributed by atoms with Crippen LogP contribution in [0.15, 0.2) is 12.2 Å². The normalized spacial score (nSPS) is 44.1. The van der Waals surface area contributed by atoms with E-state index in [1.165, 1.54) is 32.1 Å². The average Bonchev–Trinajstić information content (AvgIpc) is 3.08. The topological polar surface area (TPSA) is 43.4 Å². The molecule has 4 aliphatic carbocycles. The molecule has 3 nitrogen and oxygen atoms in total. The monoisotopic (exact) mass is 456 g/mol. The van der Waals surface area contributed by atoms with Crippen LogP contribution in [0.1, 0.15) is 99.8 Å². The molecule has 33 heavy (non-hydrogen) atoms. The summed E-state index contributed by atoms with van der Waals surface area (Å²) in [7, 11) is 0. The van der Waals surface area contributed by atoms with Crippen LogP contribution in [0.2, 0.25) is 0 Å². The molecule has 3 heteroatoms. The fourth-order valence-corrected chi connectivity index (χ4v) is 9.08. The number of hydrogen-bond acceptors (Lipinski definition) is 3. The zero-order chi connectivity index (χ0) is 24.1. The second-order valence-corrected chi connectivity index (χ2v) is 13.3. The third-order valence-electron chi connectivity index (χ3n) is 11.2. The van der Waals surface area contributed by atoms with Crippen molar-refractivity contribution in [1.29, 1.82) is 0 Å². The molecule has 186 valence electrons. The summed E-state index contributed by atoms with van der Waals surface area (Å²) in [5, 5.41) is 0. The highest BCUT2D eigenvalue weighted by molar-refractivity contribution is 5.91. The maximum Gasteiger partial charge on any atom is 0.302 e. The Morgan fingerprint density at radius 2 is 1.82 bits per heavy atom. The minimum Gasteiger partial charge on any atom is -0.462 e. The summed E-state index contributed by atoms with van der Waals surface area (Å²) in [6.07, 6.45) is 13.3. The second kappa shape index (κ2) is 9.15. The maximum atomic E-state index is 12.3. The molecule has 3 saturated carbocycles. The largest absolute Gasteiger partial charge is 0.462 e. The lowest BCUT2D eigenvalue weighted by molar-refractivity contribution is -0.184. The highest BCUT2D eigenvalue weighted by Gasteiger charge is 2.63. The van der Waals surface area contributed by atoms with E-state index in [2.05, 4.69) is 47.6 Å². The number of fused-ring (bicyclic) bond motifs is 5. The lowest BCUT2D eigenvalue weighted by atomic mass is 9.44. The summed E-state index contributed by atoms with van der Waals surface area (Å²) < 4.78 is 6.18. The Morgan fingerprint density at radius 1 is 1.09 bits per heavy atom. The van der Waals surface area contributed by atoms with Crippen LogP contribution in [-0.4, -0.2) is 17.9 Å². The van der Waals surface area contributed by atoms with Crippen molar-refractivity contribution in [3.63, 3.8) is 0 Å². The van der Waals surface area contributed by atoms with Crippen LogP contribution in [0.4, 0.5) is 0 Å². The molecule has 0 aliphatic heterocycles. The van der Waals surface area contributed by atoms with Crippen molar-refractivity contribution in [2.75, 3.05) is 0 Å². The number of ether oxygens (including phenoxy) is 1. The number of allylic oxidation sites excluding steroid dienone is 2. The van der Waals surface area contributed by atoms with Gasteiger partial charge in [0, 0.05) is 19.3 Å². The van der Waals surface area contributed by atoms with Gasteiger partial charge >= 0.3 is 5.97 Å². The molecule has 0 amide bonds. The van der Waals surface area contributed by atoms with Gasteiger partial charge in [-0.1, -0.05) is 60.5 Å². The van der Waals surface area contributed by atoms with E-state index < -0.39 is 0 Å². The van der Waals surface area contributed by atoms with Gasteiger partial charge in [0.1, 0.15) is 6.10 Å². The van der Waals surface area contributed by atoms with Gasteiger partial charge in [0.05, 0.1) is 0 Å². The number of esters is 1. The first-order valence-corrected chi connectivity index (χ1v) is 13.9. The van der Waals surface area contributed by atoms with Crippen LogP contribution in [0.3, 0.4) is 0 Å². The second-order valence-electron chi connectivity index (χ2n) is 13.3. The zero-order valence-electron chi connectivity index (χ0n) is 22.2. The van der Waals surface area contributed by atoms with Gasteiger partial charge < -0.3 is 4.74 Å². The van der Waals surface area contributed by atoms with Gasteiger partial charge in [-0.2, -0.15) is 0 Å². The van der Waals surface area contributed by atoms with Crippen LogP contribution in [-0.2, 0) is 14.3 Å². The van der Waals surface area contributed by atoms with Crippen molar-refractivity contribution in [1.82, 2.24) is 0 Å². The molecule has 0 aromatic rings. The van der Waals surface area contributed by atoms with Gasteiger partial charge in [0.15, 0.2) is 5.78 Å². The van der Waals surface area contributed by atoms with Gasteiger partial charge in [-0.05, 0) is 90.4 Å². The fraction of sp³-hybridized carbons (Fsp3) is 0.867. The van der Waals surface area contributed by atoms with Crippen molar-refractivity contribution < 1.29 is 14.3 Å². The van der Waals surface area contributed by atoms with Crippen LogP contribution >= 0.6 is 0 Å². The number of carbonyl (C=O) groups excluding carboxylic acids is 2. The van der Waals surface area contributed by atoms with Crippen LogP contribution in [0.5, 0.6) is 0 Å². The van der Waals surface area contributed by atoms with Gasteiger partial charge in [0.25, 0.3) is 0 Å². The molecule has 0 bridgehead atoms. The van der Waals surface area contributed by atoms with E-state index in [0.29, 0.717) is 30.1 Å². The number of carbonyl (C=O) groups is 2.